The molecule has 0 aromatic carbocycles. The minimum Gasteiger partial charge on any atom is -0.334 e. The third-order valence-electron chi connectivity index (χ3n) is 3.78. The third-order valence-corrected chi connectivity index (χ3v) is 3.78. The van der Waals surface area contributed by atoms with Crippen molar-refractivity contribution >= 4 is 0 Å². The van der Waals surface area contributed by atoms with Crippen LogP contribution in [-0.2, 0) is 6.54 Å². The molecule has 1 heterocycles. The Morgan fingerprint density at radius 1 is 1.37 bits per heavy atom. The largest absolute Gasteiger partial charge is 0.334 e. The fourth-order valence-electron chi connectivity index (χ4n) is 2.33. The first-order valence-electron chi connectivity index (χ1n) is 7.60. The van der Waals surface area contributed by atoms with Gasteiger partial charge in [0.25, 0.3) is 0 Å². The summed E-state index contributed by atoms with van der Waals surface area (Å²) < 4.78 is 2.19. The average Bonchev–Trinajstić information content (AvgIpc) is 2.80. The number of imidazole rings is 1. The van der Waals surface area contributed by atoms with Crippen molar-refractivity contribution in [1.29, 1.82) is 0 Å². The molecule has 0 spiro atoms. The lowest BCUT2D eigenvalue weighted by Gasteiger charge is -2.20. The van der Waals surface area contributed by atoms with E-state index in [9.17, 15) is 0 Å². The Balaban J connectivity index is 2.08. The fraction of sp³-hybridized carbons (Fsp3) is 0.800. The van der Waals surface area contributed by atoms with Crippen LogP contribution in [0.2, 0.25) is 0 Å². The lowest BCUT2D eigenvalue weighted by Crippen LogP contribution is -2.31. The highest BCUT2D eigenvalue weighted by atomic mass is 15.1. The summed E-state index contributed by atoms with van der Waals surface area (Å²) in [5.41, 5.74) is 0. The normalized spacial score (nSPS) is 13.1. The molecule has 0 saturated carbocycles. The van der Waals surface area contributed by atoms with Crippen LogP contribution in [0.4, 0.5) is 0 Å². The highest BCUT2D eigenvalue weighted by molar-refractivity contribution is 4.88. The molecule has 0 bridgehead atoms. The summed E-state index contributed by atoms with van der Waals surface area (Å²) in [5, 5.41) is 3.59. The number of nitrogens with one attached hydrogen (secondary N) is 1. The maximum Gasteiger partial charge on any atom is 0.105 e. The van der Waals surface area contributed by atoms with Crippen LogP contribution in [0.3, 0.4) is 0 Å². The van der Waals surface area contributed by atoms with Crippen molar-refractivity contribution in [2.24, 2.45) is 0 Å². The van der Waals surface area contributed by atoms with Crippen molar-refractivity contribution < 1.29 is 0 Å². The number of aromatic nitrogens is 2. The number of aryl methyl sites for hydroxylation is 1. The smallest absolute Gasteiger partial charge is 0.105 e. The van der Waals surface area contributed by atoms with Gasteiger partial charge in [-0.25, -0.2) is 4.98 Å². The molecule has 0 aliphatic carbocycles. The van der Waals surface area contributed by atoms with Crippen molar-refractivity contribution in [3.63, 3.8) is 0 Å². The maximum atomic E-state index is 4.23. The van der Waals surface area contributed by atoms with Crippen LogP contribution in [-0.4, -0.2) is 46.7 Å². The zero-order valence-electron chi connectivity index (χ0n) is 13.0. The summed E-state index contributed by atoms with van der Waals surface area (Å²) in [5.74, 6) is 1.09. The second-order valence-corrected chi connectivity index (χ2v) is 5.19. The van der Waals surface area contributed by atoms with Gasteiger partial charge in [0.15, 0.2) is 0 Å². The lowest BCUT2D eigenvalue weighted by atomic mass is 10.1. The van der Waals surface area contributed by atoms with Crippen LogP contribution in [0.1, 0.15) is 39.4 Å². The monoisotopic (exact) mass is 266 g/mol. The third kappa shape index (κ3) is 6.21. The second kappa shape index (κ2) is 9.10. The van der Waals surface area contributed by atoms with E-state index in [1.165, 1.54) is 19.4 Å². The van der Waals surface area contributed by atoms with Crippen LogP contribution in [0.25, 0.3) is 0 Å². The first-order chi connectivity index (χ1) is 9.17. The standard InChI is InChI=1S/C15H30N4/c1-5-18(6-2)11-7-8-14(3)16-9-12-19-13-10-17-15(19)4/h10,13-14,16H,5-9,11-12H2,1-4H3. The molecule has 0 saturated heterocycles. The fourth-order valence-corrected chi connectivity index (χ4v) is 2.33. The molecule has 4 heteroatoms. The van der Waals surface area contributed by atoms with E-state index in [2.05, 4.69) is 40.5 Å². The molecule has 1 unspecified atom stereocenters. The van der Waals surface area contributed by atoms with Crippen LogP contribution >= 0.6 is 0 Å². The SMILES string of the molecule is CCN(CC)CCCC(C)NCCn1ccnc1C. The Hall–Kier alpha value is -0.870. The summed E-state index contributed by atoms with van der Waals surface area (Å²) in [6.07, 6.45) is 6.43. The molecular formula is C15H30N4. The van der Waals surface area contributed by atoms with Crippen molar-refractivity contribution in [2.45, 2.75) is 53.1 Å². The van der Waals surface area contributed by atoms with Crippen LogP contribution in [0.15, 0.2) is 12.4 Å². The van der Waals surface area contributed by atoms with Gasteiger partial charge in [0.05, 0.1) is 0 Å². The predicted octanol–water partition coefficient (Wildman–Crippen LogP) is 2.29. The Morgan fingerprint density at radius 2 is 2.11 bits per heavy atom. The van der Waals surface area contributed by atoms with Crippen molar-refractivity contribution in [3.05, 3.63) is 18.2 Å². The highest BCUT2D eigenvalue weighted by Gasteiger charge is 2.04. The molecule has 1 aromatic heterocycles. The summed E-state index contributed by atoms with van der Waals surface area (Å²) in [4.78, 5) is 6.72. The molecule has 1 rings (SSSR count). The Labute approximate surface area is 118 Å². The predicted molar refractivity (Wildman–Crippen MR) is 81.5 cm³/mol. The van der Waals surface area contributed by atoms with Crippen LogP contribution < -0.4 is 5.32 Å². The molecule has 19 heavy (non-hydrogen) atoms. The number of nitrogens with zero attached hydrogens (tertiary/aromatic N) is 3. The van der Waals surface area contributed by atoms with Gasteiger partial charge in [-0.15, -0.1) is 0 Å². The van der Waals surface area contributed by atoms with Gasteiger partial charge in [0.1, 0.15) is 5.82 Å². The van der Waals surface area contributed by atoms with Crippen LogP contribution in [0, 0.1) is 6.92 Å². The molecule has 1 atom stereocenters. The summed E-state index contributed by atoms with van der Waals surface area (Å²) in [6, 6.07) is 0.597. The average molecular weight is 266 g/mol. The maximum absolute atomic E-state index is 4.23. The van der Waals surface area contributed by atoms with E-state index >= 15 is 0 Å². The molecule has 1 aromatic rings. The van der Waals surface area contributed by atoms with Gasteiger partial charge in [0, 0.05) is 31.5 Å². The molecule has 0 aliphatic rings. The minimum absolute atomic E-state index is 0.597. The van der Waals surface area contributed by atoms with Gasteiger partial charge in [0.2, 0.25) is 0 Å². The van der Waals surface area contributed by atoms with E-state index in [0.717, 1.165) is 32.0 Å². The van der Waals surface area contributed by atoms with Gasteiger partial charge >= 0.3 is 0 Å². The Morgan fingerprint density at radius 3 is 2.68 bits per heavy atom. The molecule has 0 radical (unpaired) electrons. The zero-order chi connectivity index (χ0) is 14.1. The number of hydrogen-bond donors (Lipinski definition) is 1. The number of hydrogen-bond acceptors (Lipinski definition) is 3. The summed E-state index contributed by atoms with van der Waals surface area (Å²) in [7, 11) is 0. The topological polar surface area (TPSA) is 33.1 Å². The van der Waals surface area contributed by atoms with E-state index in [1.54, 1.807) is 0 Å². The lowest BCUT2D eigenvalue weighted by molar-refractivity contribution is 0.290. The van der Waals surface area contributed by atoms with E-state index < -0.39 is 0 Å². The number of rotatable bonds is 10. The van der Waals surface area contributed by atoms with E-state index in [-0.39, 0.29) is 0 Å². The van der Waals surface area contributed by atoms with E-state index in [0.29, 0.717) is 6.04 Å². The van der Waals surface area contributed by atoms with E-state index in [1.807, 2.05) is 19.3 Å². The van der Waals surface area contributed by atoms with Gasteiger partial charge < -0.3 is 14.8 Å². The minimum atomic E-state index is 0.597. The molecule has 0 fully saturated rings. The molecule has 110 valence electrons. The Bertz CT molecular complexity index is 331. The molecular weight excluding hydrogens is 236 g/mol. The molecule has 0 amide bonds. The molecule has 1 N–H and O–H groups in total. The van der Waals surface area contributed by atoms with Crippen LogP contribution in [0.5, 0.6) is 0 Å². The first-order valence-corrected chi connectivity index (χ1v) is 7.60. The van der Waals surface area contributed by atoms with Crippen molar-refractivity contribution in [3.8, 4) is 0 Å². The van der Waals surface area contributed by atoms with Gasteiger partial charge in [-0.05, 0) is 46.3 Å². The van der Waals surface area contributed by atoms with E-state index in [4.69, 9.17) is 0 Å². The first kappa shape index (κ1) is 16.2. The summed E-state index contributed by atoms with van der Waals surface area (Å²) >= 11 is 0. The molecule has 0 aliphatic heterocycles. The van der Waals surface area contributed by atoms with Gasteiger partial charge in [-0.3, -0.25) is 0 Å². The Kier molecular flexibility index (Phi) is 7.75. The molecule has 4 nitrogen and oxygen atoms in total. The quantitative estimate of drug-likeness (QED) is 0.705. The van der Waals surface area contributed by atoms with Gasteiger partial charge in [-0.1, -0.05) is 13.8 Å². The van der Waals surface area contributed by atoms with Gasteiger partial charge in [-0.2, -0.15) is 0 Å². The zero-order valence-corrected chi connectivity index (χ0v) is 13.0. The second-order valence-electron chi connectivity index (χ2n) is 5.19. The van der Waals surface area contributed by atoms with Crippen molar-refractivity contribution in [2.75, 3.05) is 26.2 Å². The highest BCUT2D eigenvalue weighted by Crippen LogP contribution is 2.00. The summed E-state index contributed by atoms with van der Waals surface area (Å²) in [6.45, 7) is 14.4. The van der Waals surface area contributed by atoms with Crippen molar-refractivity contribution in [1.82, 2.24) is 19.8 Å².